The molecule has 0 bridgehead atoms. The summed E-state index contributed by atoms with van der Waals surface area (Å²) in [6.45, 7) is 0.300. The van der Waals surface area contributed by atoms with E-state index >= 15 is 0 Å². The summed E-state index contributed by atoms with van der Waals surface area (Å²) in [6, 6.07) is 10.5. The summed E-state index contributed by atoms with van der Waals surface area (Å²) in [5.74, 6) is -1.08. The van der Waals surface area contributed by atoms with Gasteiger partial charge in [0.2, 0.25) is 0 Å². The summed E-state index contributed by atoms with van der Waals surface area (Å²) >= 11 is 0. The number of carboxylic acids is 1. The number of pyridine rings is 1. The van der Waals surface area contributed by atoms with Gasteiger partial charge in [-0.3, -0.25) is 9.36 Å². The van der Waals surface area contributed by atoms with Crippen LogP contribution in [-0.2, 0) is 19.4 Å². The van der Waals surface area contributed by atoms with Crippen LogP contribution in [0.15, 0.2) is 41.2 Å². The maximum Gasteiger partial charge on any atom is 0.352 e. The van der Waals surface area contributed by atoms with E-state index in [9.17, 15) is 9.59 Å². The van der Waals surface area contributed by atoms with Gasteiger partial charge in [0.15, 0.2) is 0 Å². The third-order valence-electron chi connectivity index (χ3n) is 3.77. The molecule has 0 saturated heterocycles. The summed E-state index contributed by atoms with van der Waals surface area (Å²) in [6.07, 6.45) is 3.35. The minimum Gasteiger partial charge on any atom is -0.477 e. The zero-order valence-electron chi connectivity index (χ0n) is 11.0. The molecular formula is C16H15NO3. The molecule has 0 amide bonds. The molecule has 20 heavy (non-hydrogen) atoms. The number of aryl methyl sites for hydroxylation is 2. The number of benzene rings is 1. The van der Waals surface area contributed by atoms with E-state index in [2.05, 4.69) is 12.1 Å². The number of carbonyl (C=O) groups is 1. The molecule has 4 heteroatoms. The fourth-order valence-corrected chi connectivity index (χ4v) is 2.78. The van der Waals surface area contributed by atoms with E-state index in [1.165, 1.54) is 40.3 Å². The highest BCUT2D eigenvalue weighted by molar-refractivity contribution is 5.85. The predicted molar refractivity (Wildman–Crippen MR) is 75.2 cm³/mol. The van der Waals surface area contributed by atoms with Crippen molar-refractivity contribution < 1.29 is 9.90 Å². The van der Waals surface area contributed by atoms with Crippen LogP contribution in [0, 0.1) is 0 Å². The van der Waals surface area contributed by atoms with Gasteiger partial charge in [-0.15, -0.1) is 0 Å². The van der Waals surface area contributed by atoms with Crippen LogP contribution in [0.25, 0.3) is 0 Å². The Morgan fingerprint density at radius 3 is 2.75 bits per heavy atom. The quantitative estimate of drug-likeness (QED) is 0.928. The molecule has 2 aromatic rings. The largest absolute Gasteiger partial charge is 0.477 e. The third-order valence-corrected chi connectivity index (χ3v) is 3.77. The average molecular weight is 269 g/mol. The van der Waals surface area contributed by atoms with Gasteiger partial charge in [0, 0.05) is 6.07 Å². The molecular weight excluding hydrogens is 254 g/mol. The maximum atomic E-state index is 11.9. The molecule has 1 aromatic heterocycles. The van der Waals surface area contributed by atoms with Crippen molar-refractivity contribution in [2.24, 2.45) is 0 Å². The van der Waals surface area contributed by atoms with E-state index in [1.807, 2.05) is 6.07 Å². The fraction of sp³-hybridized carbons (Fsp3) is 0.250. The SMILES string of the molecule is O=C(O)c1cccc(=O)n1Cc1ccc2c(c1)CCC2. The first-order valence-electron chi connectivity index (χ1n) is 6.69. The Morgan fingerprint density at radius 1 is 1.15 bits per heavy atom. The second-order valence-electron chi connectivity index (χ2n) is 5.10. The predicted octanol–water partition coefficient (Wildman–Crippen LogP) is 2.08. The smallest absolute Gasteiger partial charge is 0.352 e. The van der Waals surface area contributed by atoms with E-state index in [-0.39, 0.29) is 11.3 Å². The molecule has 1 aromatic carbocycles. The van der Waals surface area contributed by atoms with Gasteiger partial charge < -0.3 is 5.11 Å². The monoisotopic (exact) mass is 269 g/mol. The van der Waals surface area contributed by atoms with Crippen molar-refractivity contribution >= 4 is 5.97 Å². The van der Waals surface area contributed by atoms with Crippen molar-refractivity contribution in [2.75, 3.05) is 0 Å². The molecule has 1 heterocycles. The fourth-order valence-electron chi connectivity index (χ4n) is 2.78. The Hall–Kier alpha value is -2.36. The van der Waals surface area contributed by atoms with Crippen molar-refractivity contribution in [2.45, 2.75) is 25.8 Å². The summed E-state index contributed by atoms with van der Waals surface area (Å²) in [5, 5.41) is 9.16. The van der Waals surface area contributed by atoms with Gasteiger partial charge in [-0.1, -0.05) is 24.3 Å². The van der Waals surface area contributed by atoms with Gasteiger partial charge in [0.1, 0.15) is 5.69 Å². The van der Waals surface area contributed by atoms with E-state index in [0.29, 0.717) is 6.54 Å². The summed E-state index contributed by atoms with van der Waals surface area (Å²) in [4.78, 5) is 23.1. The number of nitrogens with zero attached hydrogens (tertiary/aromatic N) is 1. The number of fused-ring (bicyclic) bond motifs is 1. The highest BCUT2D eigenvalue weighted by atomic mass is 16.4. The number of hydrogen-bond acceptors (Lipinski definition) is 2. The first-order valence-corrected chi connectivity index (χ1v) is 6.69. The van der Waals surface area contributed by atoms with Gasteiger partial charge >= 0.3 is 5.97 Å². The Kier molecular flexibility index (Phi) is 3.14. The van der Waals surface area contributed by atoms with Crippen molar-refractivity contribution in [1.82, 2.24) is 4.57 Å². The molecule has 1 N–H and O–H groups in total. The van der Waals surface area contributed by atoms with Gasteiger partial charge in [-0.05, 0) is 42.0 Å². The van der Waals surface area contributed by atoms with Crippen LogP contribution in [0.5, 0.6) is 0 Å². The maximum absolute atomic E-state index is 11.9. The standard InChI is InChI=1S/C16H15NO3/c18-15-6-2-5-14(16(19)20)17(15)10-11-7-8-12-3-1-4-13(12)9-11/h2,5-9H,1,3-4,10H2,(H,19,20). The molecule has 102 valence electrons. The minimum atomic E-state index is -1.08. The van der Waals surface area contributed by atoms with Crippen molar-refractivity contribution in [3.63, 3.8) is 0 Å². The topological polar surface area (TPSA) is 59.3 Å². The Balaban J connectivity index is 1.99. The van der Waals surface area contributed by atoms with Gasteiger partial charge in [-0.2, -0.15) is 0 Å². The molecule has 0 unspecified atom stereocenters. The highest BCUT2D eigenvalue weighted by Crippen LogP contribution is 2.23. The van der Waals surface area contributed by atoms with Crippen molar-refractivity contribution in [1.29, 1.82) is 0 Å². The summed E-state index contributed by atoms with van der Waals surface area (Å²) < 4.78 is 1.30. The number of hydrogen-bond donors (Lipinski definition) is 1. The van der Waals surface area contributed by atoms with Gasteiger partial charge in [-0.25, -0.2) is 4.79 Å². The highest BCUT2D eigenvalue weighted by Gasteiger charge is 2.13. The van der Waals surface area contributed by atoms with Crippen LogP contribution in [0.3, 0.4) is 0 Å². The minimum absolute atomic E-state index is 0.0259. The Labute approximate surface area is 116 Å². The lowest BCUT2D eigenvalue weighted by Gasteiger charge is -2.10. The first-order chi connectivity index (χ1) is 9.65. The normalized spacial score (nSPS) is 13.2. The number of rotatable bonds is 3. The number of aromatic carboxylic acids is 1. The Morgan fingerprint density at radius 2 is 1.95 bits per heavy atom. The lowest BCUT2D eigenvalue weighted by Crippen LogP contribution is -2.25. The first kappa shape index (κ1) is 12.7. The third kappa shape index (κ3) is 2.25. The van der Waals surface area contributed by atoms with Crippen LogP contribution in [0.4, 0.5) is 0 Å². The molecule has 0 aliphatic heterocycles. The van der Waals surface area contributed by atoms with Gasteiger partial charge in [0.25, 0.3) is 5.56 Å². The molecule has 1 aliphatic rings. The summed E-state index contributed by atoms with van der Waals surface area (Å²) in [5.41, 5.74) is 3.40. The second-order valence-corrected chi connectivity index (χ2v) is 5.10. The van der Waals surface area contributed by atoms with Crippen molar-refractivity contribution in [3.8, 4) is 0 Å². The molecule has 0 atom stereocenters. The molecule has 0 spiro atoms. The summed E-state index contributed by atoms with van der Waals surface area (Å²) in [7, 11) is 0. The molecule has 3 rings (SSSR count). The lowest BCUT2D eigenvalue weighted by molar-refractivity contribution is 0.0684. The van der Waals surface area contributed by atoms with Crippen molar-refractivity contribution in [3.05, 3.63) is 69.1 Å². The van der Waals surface area contributed by atoms with Crippen LogP contribution < -0.4 is 5.56 Å². The second kappa shape index (κ2) is 4.96. The molecule has 0 radical (unpaired) electrons. The number of aromatic nitrogens is 1. The zero-order valence-corrected chi connectivity index (χ0v) is 11.0. The average Bonchev–Trinajstić information content (AvgIpc) is 2.88. The zero-order chi connectivity index (χ0) is 14.1. The van der Waals surface area contributed by atoms with E-state index in [4.69, 9.17) is 5.11 Å². The van der Waals surface area contributed by atoms with Crippen LogP contribution in [0.1, 0.15) is 33.6 Å². The van der Waals surface area contributed by atoms with Gasteiger partial charge in [0.05, 0.1) is 6.54 Å². The molecule has 0 fully saturated rings. The van der Waals surface area contributed by atoms with E-state index < -0.39 is 5.97 Å². The van der Waals surface area contributed by atoms with Crippen LogP contribution in [0.2, 0.25) is 0 Å². The number of carboxylic acid groups (broad SMARTS) is 1. The Bertz CT molecular complexity index is 731. The van der Waals surface area contributed by atoms with E-state index in [1.54, 1.807) is 0 Å². The van der Waals surface area contributed by atoms with E-state index in [0.717, 1.165) is 18.4 Å². The van der Waals surface area contributed by atoms with Crippen LogP contribution in [-0.4, -0.2) is 15.6 Å². The molecule has 4 nitrogen and oxygen atoms in total. The molecule has 1 aliphatic carbocycles. The molecule has 0 saturated carbocycles. The lowest BCUT2D eigenvalue weighted by atomic mass is 10.1. The van der Waals surface area contributed by atoms with Crippen LogP contribution >= 0.6 is 0 Å².